The monoisotopic (exact) mass is 352 g/mol. The smallest absolute Gasteiger partial charge is 0.343 e. The predicted octanol–water partition coefficient (Wildman–Crippen LogP) is 6.47. The first-order valence-electron chi connectivity index (χ1n) is 8.57. The van der Waals surface area contributed by atoms with Gasteiger partial charge in [-0.05, 0) is 35.7 Å². The van der Waals surface area contributed by atoms with Crippen LogP contribution >= 0.6 is 0 Å². The number of carbonyl (C=O) groups is 1. The Kier molecular flexibility index (Phi) is 4.70. The molecule has 0 saturated heterocycles. The Morgan fingerprint density at radius 1 is 0.667 bits per heavy atom. The molecule has 4 aromatic rings. The number of hydrogen-bond donors (Lipinski definition) is 0. The normalized spacial score (nSPS) is 11.0. The van der Waals surface area contributed by atoms with Crippen molar-refractivity contribution in [2.45, 2.75) is 0 Å². The van der Waals surface area contributed by atoms with Gasteiger partial charge in [0, 0.05) is 5.39 Å². The third kappa shape index (κ3) is 3.75. The van der Waals surface area contributed by atoms with E-state index >= 15 is 0 Å². The van der Waals surface area contributed by atoms with E-state index in [1.165, 1.54) is 0 Å². The second-order valence-corrected chi connectivity index (χ2v) is 5.92. The van der Waals surface area contributed by atoms with Gasteiger partial charge in [-0.2, -0.15) is 5.11 Å². The number of benzene rings is 4. The Balaban J connectivity index is 1.76. The van der Waals surface area contributed by atoms with E-state index in [-0.39, 0.29) is 0 Å². The van der Waals surface area contributed by atoms with Gasteiger partial charge in [-0.25, -0.2) is 4.79 Å². The summed E-state index contributed by atoms with van der Waals surface area (Å²) in [5, 5.41) is 10.6. The van der Waals surface area contributed by atoms with Gasteiger partial charge in [0.05, 0.1) is 11.3 Å². The minimum atomic E-state index is -0.429. The molecule has 0 saturated carbocycles. The van der Waals surface area contributed by atoms with Crippen LogP contribution in [0.2, 0.25) is 0 Å². The highest BCUT2D eigenvalue weighted by Crippen LogP contribution is 2.37. The zero-order valence-corrected chi connectivity index (χ0v) is 14.4. The van der Waals surface area contributed by atoms with Gasteiger partial charge in [-0.1, -0.05) is 66.7 Å². The van der Waals surface area contributed by atoms with Crippen LogP contribution in [0.4, 0.5) is 11.4 Å². The number of esters is 1. The Hall–Kier alpha value is -3.79. The highest BCUT2D eigenvalue weighted by Gasteiger charge is 2.14. The number of nitrogens with zero attached hydrogens (tertiary/aromatic N) is 2. The van der Waals surface area contributed by atoms with Crippen molar-refractivity contribution in [2.24, 2.45) is 10.2 Å². The fourth-order valence-electron chi connectivity index (χ4n) is 2.76. The molecule has 0 aliphatic rings. The first kappa shape index (κ1) is 16.7. The first-order valence-corrected chi connectivity index (χ1v) is 8.57. The summed E-state index contributed by atoms with van der Waals surface area (Å²) >= 11 is 0. The standard InChI is InChI=1S/C23H16N2O2/c26-23(18-10-3-1-4-11-18)27-21-16-15-17-9-7-8-14-20(17)22(21)25-24-19-12-5-2-6-13-19/h1-16H. The third-order valence-electron chi connectivity index (χ3n) is 4.10. The van der Waals surface area contributed by atoms with Crippen molar-refractivity contribution in [2.75, 3.05) is 0 Å². The Morgan fingerprint density at radius 2 is 1.33 bits per heavy atom. The molecule has 0 fully saturated rings. The van der Waals surface area contributed by atoms with Crippen molar-refractivity contribution in [3.63, 3.8) is 0 Å². The molecule has 0 heterocycles. The Bertz CT molecular complexity index is 1110. The Labute approximate surface area is 156 Å². The number of rotatable bonds is 4. The van der Waals surface area contributed by atoms with E-state index < -0.39 is 5.97 Å². The second-order valence-electron chi connectivity index (χ2n) is 5.92. The van der Waals surface area contributed by atoms with Gasteiger partial charge in [-0.3, -0.25) is 0 Å². The van der Waals surface area contributed by atoms with Gasteiger partial charge < -0.3 is 4.74 Å². The summed E-state index contributed by atoms with van der Waals surface area (Å²) in [6.45, 7) is 0. The number of ether oxygens (including phenoxy) is 1. The molecule has 0 radical (unpaired) electrons. The molecule has 0 aromatic heterocycles. The van der Waals surface area contributed by atoms with Crippen LogP contribution in [0.1, 0.15) is 10.4 Å². The molecule has 0 unspecified atom stereocenters. The fourth-order valence-corrected chi connectivity index (χ4v) is 2.76. The summed E-state index contributed by atoms with van der Waals surface area (Å²) in [6, 6.07) is 29.8. The minimum absolute atomic E-state index is 0.377. The maximum absolute atomic E-state index is 12.5. The van der Waals surface area contributed by atoms with E-state index in [0.29, 0.717) is 17.0 Å². The average molecular weight is 352 g/mol. The number of fused-ring (bicyclic) bond motifs is 1. The minimum Gasteiger partial charge on any atom is -0.421 e. The molecule has 0 bridgehead atoms. The van der Waals surface area contributed by atoms with Crippen LogP contribution in [0.5, 0.6) is 5.75 Å². The lowest BCUT2D eigenvalue weighted by Crippen LogP contribution is -2.08. The lowest BCUT2D eigenvalue weighted by molar-refractivity contribution is 0.0735. The quantitative estimate of drug-likeness (QED) is 0.240. The van der Waals surface area contributed by atoms with Crippen molar-refractivity contribution in [1.29, 1.82) is 0 Å². The van der Waals surface area contributed by atoms with Gasteiger partial charge in [0.15, 0.2) is 5.75 Å². The molecule has 4 rings (SSSR count). The average Bonchev–Trinajstić information content (AvgIpc) is 2.74. The molecule has 0 N–H and O–H groups in total. The van der Waals surface area contributed by atoms with Crippen LogP contribution in [-0.4, -0.2) is 5.97 Å². The van der Waals surface area contributed by atoms with Gasteiger partial charge in [0.2, 0.25) is 0 Å². The van der Waals surface area contributed by atoms with Gasteiger partial charge >= 0.3 is 5.97 Å². The largest absolute Gasteiger partial charge is 0.421 e. The molecule has 0 aliphatic carbocycles. The van der Waals surface area contributed by atoms with Crippen molar-refractivity contribution in [3.8, 4) is 5.75 Å². The topological polar surface area (TPSA) is 51.0 Å². The van der Waals surface area contributed by atoms with Crippen molar-refractivity contribution in [1.82, 2.24) is 0 Å². The summed E-state index contributed by atoms with van der Waals surface area (Å²) in [6.07, 6.45) is 0. The molecule has 4 heteroatoms. The van der Waals surface area contributed by atoms with E-state index in [9.17, 15) is 4.79 Å². The zero-order valence-electron chi connectivity index (χ0n) is 14.4. The summed E-state index contributed by atoms with van der Waals surface area (Å²) in [5.41, 5.74) is 1.74. The molecule has 4 aromatic carbocycles. The van der Waals surface area contributed by atoms with Crippen LogP contribution in [-0.2, 0) is 0 Å². The fraction of sp³-hybridized carbons (Fsp3) is 0. The Morgan fingerprint density at radius 3 is 2.11 bits per heavy atom. The maximum Gasteiger partial charge on any atom is 0.343 e. The lowest BCUT2D eigenvalue weighted by Gasteiger charge is -2.09. The van der Waals surface area contributed by atoms with Crippen molar-refractivity contribution < 1.29 is 9.53 Å². The molecular formula is C23H16N2O2. The summed E-state index contributed by atoms with van der Waals surface area (Å²) in [5.74, 6) is -0.0516. The highest BCUT2D eigenvalue weighted by atomic mass is 16.5. The summed E-state index contributed by atoms with van der Waals surface area (Å²) in [4.78, 5) is 12.5. The number of hydrogen-bond acceptors (Lipinski definition) is 4. The lowest BCUT2D eigenvalue weighted by atomic mass is 10.1. The molecule has 130 valence electrons. The summed E-state index contributed by atoms with van der Waals surface area (Å²) < 4.78 is 5.64. The van der Waals surface area contributed by atoms with Gasteiger partial charge in [-0.15, -0.1) is 5.11 Å². The highest BCUT2D eigenvalue weighted by molar-refractivity contribution is 5.98. The second kappa shape index (κ2) is 7.62. The van der Waals surface area contributed by atoms with Crippen molar-refractivity contribution >= 4 is 28.1 Å². The molecule has 0 spiro atoms. The summed E-state index contributed by atoms with van der Waals surface area (Å²) in [7, 11) is 0. The van der Waals surface area contributed by atoms with E-state index in [1.54, 1.807) is 30.3 Å². The number of carbonyl (C=O) groups excluding carboxylic acids is 1. The zero-order chi connectivity index (χ0) is 18.5. The number of azo groups is 1. The van der Waals surface area contributed by atoms with Gasteiger partial charge in [0.25, 0.3) is 0 Å². The van der Waals surface area contributed by atoms with E-state index in [2.05, 4.69) is 10.2 Å². The van der Waals surface area contributed by atoms with E-state index in [4.69, 9.17) is 4.74 Å². The maximum atomic E-state index is 12.5. The van der Waals surface area contributed by atoms with Crippen LogP contribution in [0.15, 0.2) is 107 Å². The van der Waals surface area contributed by atoms with Crippen LogP contribution in [0, 0.1) is 0 Å². The van der Waals surface area contributed by atoms with Crippen LogP contribution < -0.4 is 4.74 Å². The van der Waals surface area contributed by atoms with Crippen molar-refractivity contribution in [3.05, 3.63) is 103 Å². The van der Waals surface area contributed by atoms with Crippen LogP contribution in [0.3, 0.4) is 0 Å². The predicted molar refractivity (Wildman–Crippen MR) is 106 cm³/mol. The van der Waals surface area contributed by atoms with E-state index in [1.807, 2.05) is 66.7 Å². The van der Waals surface area contributed by atoms with Gasteiger partial charge in [0.1, 0.15) is 5.69 Å². The SMILES string of the molecule is O=C(Oc1ccc2ccccc2c1N=Nc1ccccc1)c1ccccc1. The molecular weight excluding hydrogens is 336 g/mol. The molecule has 0 amide bonds. The third-order valence-corrected chi connectivity index (χ3v) is 4.10. The molecule has 4 nitrogen and oxygen atoms in total. The molecule has 0 atom stereocenters. The molecule has 0 aliphatic heterocycles. The molecule has 27 heavy (non-hydrogen) atoms. The van der Waals surface area contributed by atoms with E-state index in [0.717, 1.165) is 16.5 Å². The first-order chi connectivity index (χ1) is 13.3. The van der Waals surface area contributed by atoms with Crippen LogP contribution in [0.25, 0.3) is 10.8 Å².